The number of benzene rings is 1. The molecule has 2 heterocycles. The predicted molar refractivity (Wildman–Crippen MR) is 88.2 cm³/mol. The summed E-state index contributed by atoms with van der Waals surface area (Å²) in [5.74, 6) is 0.979. The van der Waals surface area contributed by atoms with E-state index in [1.807, 2.05) is 22.5 Å². The average Bonchev–Trinajstić information content (AvgIpc) is 3.20. The van der Waals surface area contributed by atoms with Crippen LogP contribution in [0.1, 0.15) is 17.9 Å². The Morgan fingerprint density at radius 3 is 2.59 bits per heavy atom. The molecule has 4 rings (SSSR count). The predicted octanol–water partition coefficient (Wildman–Crippen LogP) is 2.60. The van der Waals surface area contributed by atoms with Gasteiger partial charge in [-0.05, 0) is 17.9 Å². The number of carbonyl (C=O) groups is 1. The molecule has 1 saturated carbocycles. The molecule has 2 unspecified atom stereocenters. The fourth-order valence-corrected chi connectivity index (χ4v) is 3.96. The number of amides is 1. The van der Waals surface area contributed by atoms with Crippen molar-refractivity contribution in [1.29, 1.82) is 0 Å². The van der Waals surface area contributed by atoms with Crippen molar-refractivity contribution >= 4 is 22.4 Å². The van der Waals surface area contributed by atoms with Gasteiger partial charge in [-0.15, -0.1) is 11.3 Å². The second kappa shape index (κ2) is 5.72. The zero-order valence-electron chi connectivity index (χ0n) is 12.4. The molecule has 0 radical (unpaired) electrons. The molecule has 1 saturated heterocycles. The number of aromatic nitrogens is 1. The summed E-state index contributed by atoms with van der Waals surface area (Å²) in [5, 5.41) is 3.07. The van der Waals surface area contributed by atoms with Crippen LogP contribution in [0.4, 0.5) is 5.13 Å². The van der Waals surface area contributed by atoms with E-state index in [0.717, 1.165) is 37.7 Å². The summed E-state index contributed by atoms with van der Waals surface area (Å²) in [4.78, 5) is 21.3. The Labute approximate surface area is 134 Å². The Bertz CT molecular complexity index is 635. The zero-order valence-corrected chi connectivity index (χ0v) is 13.2. The van der Waals surface area contributed by atoms with Gasteiger partial charge in [-0.3, -0.25) is 4.79 Å². The maximum Gasteiger partial charge on any atom is 0.226 e. The minimum absolute atomic E-state index is 0.203. The molecule has 4 nitrogen and oxygen atoms in total. The van der Waals surface area contributed by atoms with Crippen LogP contribution in [-0.4, -0.2) is 42.0 Å². The standard InChI is InChI=1S/C17H19N3OS/c21-16(15-12-14(15)13-4-2-1-3-5-13)19-7-9-20(10-8-19)17-18-6-11-22-17/h1-6,11,14-15H,7-10,12H2. The molecule has 0 N–H and O–H groups in total. The van der Waals surface area contributed by atoms with E-state index in [0.29, 0.717) is 11.8 Å². The van der Waals surface area contributed by atoms with Crippen LogP contribution in [0, 0.1) is 5.92 Å². The van der Waals surface area contributed by atoms with Gasteiger partial charge in [0.1, 0.15) is 0 Å². The van der Waals surface area contributed by atoms with E-state index in [1.54, 1.807) is 11.3 Å². The van der Waals surface area contributed by atoms with Crippen LogP contribution in [-0.2, 0) is 4.79 Å². The minimum atomic E-state index is 0.203. The van der Waals surface area contributed by atoms with Crippen molar-refractivity contribution in [1.82, 2.24) is 9.88 Å². The molecule has 2 aromatic rings. The second-order valence-corrected chi connectivity index (χ2v) is 6.86. The first-order valence-electron chi connectivity index (χ1n) is 7.81. The highest BCUT2D eigenvalue weighted by molar-refractivity contribution is 7.13. The Morgan fingerprint density at radius 1 is 1.14 bits per heavy atom. The number of hydrogen-bond acceptors (Lipinski definition) is 4. The topological polar surface area (TPSA) is 36.4 Å². The van der Waals surface area contributed by atoms with E-state index < -0.39 is 0 Å². The highest BCUT2D eigenvalue weighted by Crippen LogP contribution is 2.48. The third-order valence-corrected chi connectivity index (χ3v) is 5.45. The van der Waals surface area contributed by atoms with Crippen LogP contribution in [0.2, 0.25) is 0 Å². The fraction of sp³-hybridized carbons (Fsp3) is 0.412. The molecule has 2 aliphatic rings. The molecule has 114 valence electrons. The van der Waals surface area contributed by atoms with Gasteiger partial charge in [0.05, 0.1) is 0 Å². The molecule has 5 heteroatoms. The van der Waals surface area contributed by atoms with Gasteiger partial charge in [-0.25, -0.2) is 4.98 Å². The van der Waals surface area contributed by atoms with E-state index in [-0.39, 0.29) is 5.92 Å². The van der Waals surface area contributed by atoms with Gasteiger partial charge in [0.2, 0.25) is 5.91 Å². The van der Waals surface area contributed by atoms with E-state index >= 15 is 0 Å². The number of carbonyl (C=O) groups excluding carboxylic acids is 1. The lowest BCUT2D eigenvalue weighted by atomic mass is 10.1. The van der Waals surface area contributed by atoms with Crippen molar-refractivity contribution in [3.63, 3.8) is 0 Å². The van der Waals surface area contributed by atoms with Crippen molar-refractivity contribution in [2.45, 2.75) is 12.3 Å². The first-order valence-corrected chi connectivity index (χ1v) is 8.69. The van der Waals surface area contributed by atoms with Crippen molar-refractivity contribution in [2.24, 2.45) is 5.92 Å². The Balaban J connectivity index is 1.34. The lowest BCUT2D eigenvalue weighted by molar-refractivity contribution is -0.132. The van der Waals surface area contributed by atoms with E-state index in [1.165, 1.54) is 5.56 Å². The highest BCUT2D eigenvalue weighted by atomic mass is 32.1. The molecule has 22 heavy (non-hydrogen) atoms. The summed E-state index contributed by atoms with van der Waals surface area (Å²) in [6, 6.07) is 10.4. The normalized spacial score (nSPS) is 24.4. The van der Waals surface area contributed by atoms with Crippen LogP contribution < -0.4 is 4.90 Å². The lowest BCUT2D eigenvalue weighted by Gasteiger charge is -2.34. The monoisotopic (exact) mass is 313 g/mol. The van der Waals surface area contributed by atoms with Gasteiger partial charge in [-0.1, -0.05) is 30.3 Å². The van der Waals surface area contributed by atoms with Crippen LogP contribution in [0.5, 0.6) is 0 Å². The van der Waals surface area contributed by atoms with Crippen molar-refractivity contribution in [2.75, 3.05) is 31.1 Å². The third kappa shape index (κ3) is 2.61. The molecule has 1 aliphatic heterocycles. The largest absolute Gasteiger partial charge is 0.345 e. The number of thiazole rings is 1. The summed E-state index contributed by atoms with van der Waals surface area (Å²) in [7, 11) is 0. The van der Waals surface area contributed by atoms with Crippen LogP contribution in [0.15, 0.2) is 41.9 Å². The van der Waals surface area contributed by atoms with Crippen molar-refractivity contribution in [3.8, 4) is 0 Å². The van der Waals surface area contributed by atoms with Gasteiger partial charge >= 0.3 is 0 Å². The quantitative estimate of drug-likeness (QED) is 0.874. The molecular formula is C17H19N3OS. The fourth-order valence-electron chi connectivity index (χ4n) is 3.26. The molecule has 1 aromatic carbocycles. The third-order valence-electron chi connectivity index (χ3n) is 4.62. The molecule has 0 spiro atoms. The Hall–Kier alpha value is -1.88. The van der Waals surface area contributed by atoms with Crippen LogP contribution >= 0.6 is 11.3 Å². The van der Waals surface area contributed by atoms with Gasteiger partial charge < -0.3 is 9.80 Å². The molecular weight excluding hydrogens is 294 g/mol. The zero-order chi connectivity index (χ0) is 14.9. The highest BCUT2D eigenvalue weighted by Gasteiger charge is 2.46. The first-order chi connectivity index (χ1) is 10.8. The van der Waals surface area contributed by atoms with Crippen LogP contribution in [0.25, 0.3) is 0 Å². The Morgan fingerprint density at radius 2 is 1.91 bits per heavy atom. The average molecular weight is 313 g/mol. The SMILES string of the molecule is O=C(C1CC1c1ccccc1)N1CCN(c2nccs2)CC1. The van der Waals surface area contributed by atoms with E-state index in [4.69, 9.17) is 0 Å². The number of piperazine rings is 1. The summed E-state index contributed by atoms with van der Waals surface area (Å²) in [5.41, 5.74) is 1.31. The molecule has 1 aliphatic carbocycles. The lowest BCUT2D eigenvalue weighted by Crippen LogP contribution is -2.49. The molecule has 1 aromatic heterocycles. The number of anilines is 1. The van der Waals surface area contributed by atoms with Gasteiger partial charge in [-0.2, -0.15) is 0 Å². The molecule has 2 fully saturated rings. The molecule has 2 atom stereocenters. The number of hydrogen-bond donors (Lipinski definition) is 0. The maximum atomic E-state index is 12.6. The smallest absolute Gasteiger partial charge is 0.226 e. The summed E-state index contributed by atoms with van der Waals surface area (Å²) < 4.78 is 0. The summed E-state index contributed by atoms with van der Waals surface area (Å²) in [6.07, 6.45) is 2.85. The van der Waals surface area contributed by atoms with Crippen molar-refractivity contribution < 1.29 is 4.79 Å². The molecule has 1 amide bonds. The second-order valence-electron chi connectivity index (χ2n) is 5.99. The van der Waals surface area contributed by atoms with Gasteiger partial charge in [0.15, 0.2) is 5.13 Å². The summed E-state index contributed by atoms with van der Waals surface area (Å²) >= 11 is 1.67. The van der Waals surface area contributed by atoms with Crippen molar-refractivity contribution in [3.05, 3.63) is 47.5 Å². The van der Waals surface area contributed by atoms with Gasteiger partial charge in [0.25, 0.3) is 0 Å². The number of rotatable bonds is 3. The van der Waals surface area contributed by atoms with Gasteiger partial charge in [0, 0.05) is 43.7 Å². The van der Waals surface area contributed by atoms with Crippen LogP contribution in [0.3, 0.4) is 0 Å². The van der Waals surface area contributed by atoms with E-state index in [9.17, 15) is 4.79 Å². The molecule has 0 bridgehead atoms. The number of nitrogens with zero attached hydrogens (tertiary/aromatic N) is 3. The first kappa shape index (κ1) is 13.8. The van der Waals surface area contributed by atoms with E-state index in [2.05, 4.69) is 34.1 Å². The minimum Gasteiger partial charge on any atom is -0.345 e. The Kier molecular flexibility index (Phi) is 3.58. The maximum absolute atomic E-state index is 12.6. The summed E-state index contributed by atoms with van der Waals surface area (Å²) in [6.45, 7) is 3.41.